The van der Waals surface area contributed by atoms with Gasteiger partial charge in [-0.05, 0) is 46.8 Å². The number of imidazole rings is 1. The van der Waals surface area contributed by atoms with Crippen LogP contribution in [0, 0.1) is 0 Å². The van der Waals surface area contributed by atoms with E-state index in [1.807, 2.05) is 33.3 Å². The SMILES string of the molecule is CCN(CC)CCCn1cncc1CCNC(=O)OC(C)(C)C. The highest BCUT2D eigenvalue weighted by molar-refractivity contribution is 5.67. The number of nitrogens with one attached hydrogen (secondary N) is 1. The average Bonchev–Trinajstić information content (AvgIpc) is 2.89. The average molecular weight is 324 g/mol. The standard InChI is InChI=1S/C17H32N4O2/c1-6-20(7-2)11-8-12-21-14-18-13-15(21)9-10-19-16(22)23-17(3,4)5/h13-14H,6-12H2,1-5H3,(H,19,22). The maximum atomic E-state index is 11.6. The predicted molar refractivity (Wildman–Crippen MR) is 92.6 cm³/mol. The molecule has 0 radical (unpaired) electrons. The molecule has 6 nitrogen and oxygen atoms in total. The highest BCUT2D eigenvalue weighted by atomic mass is 16.6. The summed E-state index contributed by atoms with van der Waals surface area (Å²) >= 11 is 0. The van der Waals surface area contributed by atoms with Crippen molar-refractivity contribution in [2.75, 3.05) is 26.2 Å². The van der Waals surface area contributed by atoms with E-state index in [9.17, 15) is 4.79 Å². The molecule has 1 amide bonds. The molecule has 0 aliphatic carbocycles. The number of nitrogens with zero attached hydrogens (tertiary/aromatic N) is 3. The first-order valence-electron chi connectivity index (χ1n) is 8.54. The molecule has 23 heavy (non-hydrogen) atoms. The van der Waals surface area contributed by atoms with Gasteiger partial charge < -0.3 is 19.5 Å². The van der Waals surface area contributed by atoms with Crippen LogP contribution in [0.1, 0.15) is 46.7 Å². The van der Waals surface area contributed by atoms with E-state index in [2.05, 4.69) is 33.6 Å². The Morgan fingerprint density at radius 1 is 1.35 bits per heavy atom. The Balaban J connectivity index is 2.33. The quantitative estimate of drug-likeness (QED) is 0.759. The first-order chi connectivity index (χ1) is 10.9. The van der Waals surface area contributed by atoms with Crippen molar-refractivity contribution in [3.8, 4) is 0 Å². The molecule has 0 aromatic carbocycles. The minimum absolute atomic E-state index is 0.370. The van der Waals surface area contributed by atoms with Crippen molar-refractivity contribution in [1.82, 2.24) is 19.8 Å². The number of carbonyl (C=O) groups is 1. The molecule has 1 N–H and O–H groups in total. The summed E-state index contributed by atoms with van der Waals surface area (Å²) in [7, 11) is 0. The normalized spacial score (nSPS) is 11.7. The summed E-state index contributed by atoms with van der Waals surface area (Å²) in [5.41, 5.74) is 0.677. The van der Waals surface area contributed by atoms with Crippen LogP contribution in [-0.2, 0) is 17.7 Å². The summed E-state index contributed by atoms with van der Waals surface area (Å²) in [6.45, 7) is 14.7. The van der Waals surface area contributed by atoms with Crippen molar-refractivity contribution in [3.63, 3.8) is 0 Å². The molecule has 0 atom stereocenters. The van der Waals surface area contributed by atoms with Gasteiger partial charge in [0.05, 0.1) is 6.33 Å². The van der Waals surface area contributed by atoms with E-state index in [-0.39, 0.29) is 6.09 Å². The second kappa shape index (κ2) is 9.55. The first kappa shape index (κ1) is 19.5. The number of aryl methyl sites for hydroxylation is 1. The Hall–Kier alpha value is -1.56. The van der Waals surface area contributed by atoms with E-state index >= 15 is 0 Å². The Morgan fingerprint density at radius 3 is 2.65 bits per heavy atom. The Morgan fingerprint density at radius 2 is 2.04 bits per heavy atom. The third kappa shape index (κ3) is 8.02. The summed E-state index contributed by atoms with van der Waals surface area (Å²) in [6, 6.07) is 0. The zero-order chi connectivity index (χ0) is 17.3. The summed E-state index contributed by atoms with van der Waals surface area (Å²) in [5.74, 6) is 0. The molecule has 1 rings (SSSR count). The summed E-state index contributed by atoms with van der Waals surface area (Å²) < 4.78 is 7.39. The fraction of sp³-hybridized carbons (Fsp3) is 0.765. The number of aromatic nitrogens is 2. The van der Waals surface area contributed by atoms with E-state index in [4.69, 9.17) is 4.74 Å². The van der Waals surface area contributed by atoms with Crippen molar-refractivity contribution in [3.05, 3.63) is 18.2 Å². The number of amides is 1. The van der Waals surface area contributed by atoms with Gasteiger partial charge in [0.25, 0.3) is 0 Å². The van der Waals surface area contributed by atoms with Gasteiger partial charge in [-0.1, -0.05) is 13.8 Å². The monoisotopic (exact) mass is 324 g/mol. The lowest BCUT2D eigenvalue weighted by atomic mass is 10.2. The van der Waals surface area contributed by atoms with Gasteiger partial charge in [0.15, 0.2) is 0 Å². The number of ether oxygens (including phenoxy) is 1. The molecule has 0 fully saturated rings. The third-order valence-corrected chi connectivity index (χ3v) is 3.62. The largest absolute Gasteiger partial charge is 0.444 e. The maximum absolute atomic E-state index is 11.6. The minimum Gasteiger partial charge on any atom is -0.444 e. The predicted octanol–water partition coefficient (Wildman–Crippen LogP) is 2.68. The van der Waals surface area contributed by atoms with Crippen LogP contribution in [0.2, 0.25) is 0 Å². The first-order valence-corrected chi connectivity index (χ1v) is 8.54. The van der Waals surface area contributed by atoms with Gasteiger partial charge in [-0.15, -0.1) is 0 Å². The lowest BCUT2D eigenvalue weighted by molar-refractivity contribution is 0.0528. The van der Waals surface area contributed by atoms with Crippen LogP contribution < -0.4 is 5.32 Å². The van der Waals surface area contributed by atoms with E-state index in [1.54, 1.807) is 0 Å². The van der Waals surface area contributed by atoms with Crippen LogP contribution >= 0.6 is 0 Å². The lowest BCUT2D eigenvalue weighted by Gasteiger charge is -2.20. The Labute approximate surface area is 140 Å². The van der Waals surface area contributed by atoms with E-state index in [1.165, 1.54) is 0 Å². The van der Waals surface area contributed by atoms with E-state index in [0.717, 1.165) is 44.7 Å². The van der Waals surface area contributed by atoms with Gasteiger partial charge in [-0.2, -0.15) is 0 Å². The fourth-order valence-electron chi connectivity index (χ4n) is 2.37. The van der Waals surface area contributed by atoms with E-state index in [0.29, 0.717) is 6.54 Å². The smallest absolute Gasteiger partial charge is 0.407 e. The van der Waals surface area contributed by atoms with Crippen LogP contribution in [0.15, 0.2) is 12.5 Å². The van der Waals surface area contributed by atoms with Gasteiger partial charge in [0.2, 0.25) is 0 Å². The Bertz CT molecular complexity index is 461. The lowest BCUT2D eigenvalue weighted by Crippen LogP contribution is -2.33. The van der Waals surface area contributed by atoms with Crippen molar-refractivity contribution in [1.29, 1.82) is 0 Å². The van der Waals surface area contributed by atoms with Crippen LogP contribution in [0.5, 0.6) is 0 Å². The van der Waals surface area contributed by atoms with E-state index < -0.39 is 5.60 Å². The van der Waals surface area contributed by atoms with Gasteiger partial charge in [0, 0.05) is 31.4 Å². The molecule has 1 aromatic heterocycles. The fourth-order valence-corrected chi connectivity index (χ4v) is 2.37. The summed E-state index contributed by atoms with van der Waals surface area (Å²) in [6.07, 6.45) is 5.22. The minimum atomic E-state index is -0.462. The van der Waals surface area contributed by atoms with Crippen molar-refractivity contribution in [2.24, 2.45) is 0 Å². The molecular weight excluding hydrogens is 292 g/mol. The van der Waals surface area contributed by atoms with Crippen molar-refractivity contribution >= 4 is 6.09 Å². The molecule has 1 aromatic rings. The number of rotatable bonds is 9. The number of hydrogen-bond acceptors (Lipinski definition) is 4. The van der Waals surface area contributed by atoms with Gasteiger partial charge >= 0.3 is 6.09 Å². The number of carbonyl (C=O) groups excluding carboxylic acids is 1. The molecule has 0 spiro atoms. The molecule has 0 saturated carbocycles. The zero-order valence-corrected chi connectivity index (χ0v) is 15.3. The van der Waals surface area contributed by atoms with Crippen LogP contribution in [-0.4, -0.2) is 52.3 Å². The van der Waals surface area contributed by atoms with Crippen LogP contribution in [0.4, 0.5) is 4.79 Å². The van der Waals surface area contributed by atoms with Gasteiger partial charge in [-0.25, -0.2) is 9.78 Å². The molecule has 0 unspecified atom stereocenters. The molecule has 0 aliphatic rings. The highest BCUT2D eigenvalue weighted by Crippen LogP contribution is 2.07. The molecule has 6 heteroatoms. The number of hydrogen-bond donors (Lipinski definition) is 1. The van der Waals surface area contributed by atoms with Crippen LogP contribution in [0.3, 0.4) is 0 Å². The third-order valence-electron chi connectivity index (χ3n) is 3.62. The van der Waals surface area contributed by atoms with Crippen molar-refractivity contribution in [2.45, 2.75) is 59.6 Å². The van der Waals surface area contributed by atoms with Crippen LogP contribution in [0.25, 0.3) is 0 Å². The second-order valence-electron chi connectivity index (χ2n) is 6.64. The molecule has 1 heterocycles. The highest BCUT2D eigenvalue weighted by Gasteiger charge is 2.15. The second-order valence-corrected chi connectivity index (χ2v) is 6.64. The maximum Gasteiger partial charge on any atom is 0.407 e. The summed E-state index contributed by atoms with van der Waals surface area (Å²) in [5, 5.41) is 2.79. The van der Waals surface area contributed by atoms with Gasteiger partial charge in [0.1, 0.15) is 5.60 Å². The van der Waals surface area contributed by atoms with Gasteiger partial charge in [-0.3, -0.25) is 0 Å². The topological polar surface area (TPSA) is 59.4 Å². The summed E-state index contributed by atoms with van der Waals surface area (Å²) in [4.78, 5) is 18.3. The van der Waals surface area contributed by atoms with Crippen molar-refractivity contribution < 1.29 is 9.53 Å². The molecule has 0 aliphatic heterocycles. The molecule has 0 bridgehead atoms. The molecular formula is C17H32N4O2. The Kier molecular flexibility index (Phi) is 8.09. The molecule has 0 saturated heterocycles. The zero-order valence-electron chi connectivity index (χ0n) is 15.3. The molecule has 132 valence electrons. The number of alkyl carbamates (subject to hydrolysis) is 1.